The Kier molecular flexibility index (Phi) is 4.59. The summed E-state index contributed by atoms with van der Waals surface area (Å²) < 4.78 is 40.1. The second-order valence-corrected chi connectivity index (χ2v) is 4.44. The number of carbonyl (C=O) groups is 1. The smallest absolute Gasteiger partial charge is 0.229 e. The van der Waals surface area contributed by atoms with Crippen molar-refractivity contribution in [2.45, 2.75) is 13.0 Å². The monoisotopic (exact) mass is 294 g/mol. The zero-order chi connectivity index (χ0) is 15.4. The van der Waals surface area contributed by atoms with Crippen LogP contribution in [0.3, 0.4) is 0 Å². The molecule has 0 fully saturated rings. The molecule has 0 spiro atoms. The molecule has 0 aliphatic rings. The minimum absolute atomic E-state index is 0.0164. The van der Waals surface area contributed by atoms with Crippen molar-refractivity contribution in [3.05, 3.63) is 65.0 Å². The molecular weight excluding hydrogens is 281 g/mol. The lowest BCUT2D eigenvalue weighted by atomic mass is 10.1. The van der Waals surface area contributed by atoms with Crippen LogP contribution in [0.5, 0.6) is 0 Å². The first-order chi connectivity index (χ1) is 10.0. The van der Waals surface area contributed by atoms with E-state index in [1.54, 1.807) is 0 Å². The first-order valence-corrected chi connectivity index (χ1v) is 6.22. The van der Waals surface area contributed by atoms with Gasteiger partial charge in [0.15, 0.2) is 0 Å². The molecule has 0 radical (unpaired) electrons. The van der Waals surface area contributed by atoms with Gasteiger partial charge in [0.1, 0.15) is 17.5 Å². The summed E-state index contributed by atoms with van der Waals surface area (Å²) >= 11 is 0. The molecule has 0 saturated heterocycles. The fraction of sp³-hybridized carbons (Fsp3) is 0.133. The van der Waals surface area contributed by atoms with Gasteiger partial charge in [0, 0.05) is 23.4 Å². The van der Waals surface area contributed by atoms with Crippen molar-refractivity contribution in [2.75, 3.05) is 5.32 Å². The molecule has 2 aromatic carbocycles. The van der Waals surface area contributed by atoms with E-state index in [9.17, 15) is 18.0 Å². The van der Waals surface area contributed by atoms with Gasteiger partial charge in [-0.1, -0.05) is 6.07 Å². The van der Waals surface area contributed by atoms with Crippen LogP contribution in [0.25, 0.3) is 0 Å². The molecule has 0 atom stereocenters. The largest absolute Gasteiger partial charge is 0.326 e. The molecule has 6 heteroatoms. The number of rotatable bonds is 4. The van der Waals surface area contributed by atoms with E-state index in [2.05, 4.69) is 5.32 Å². The summed E-state index contributed by atoms with van der Waals surface area (Å²) in [6.07, 6.45) is -0.451. The van der Waals surface area contributed by atoms with Gasteiger partial charge in [-0.25, -0.2) is 13.2 Å². The maximum Gasteiger partial charge on any atom is 0.229 e. The van der Waals surface area contributed by atoms with E-state index in [1.807, 2.05) is 0 Å². The Labute approximate surface area is 119 Å². The summed E-state index contributed by atoms with van der Waals surface area (Å²) in [4.78, 5) is 11.8. The van der Waals surface area contributed by atoms with Gasteiger partial charge in [-0.05, 0) is 30.3 Å². The standard InChI is InChI=1S/C15H13F3N2O/c16-12-5-4-10(6-9(12)8-19)20-15(21)7-11-13(17)2-1-3-14(11)18/h1-6H,7-8,19H2,(H,20,21). The van der Waals surface area contributed by atoms with Gasteiger partial charge in [0.25, 0.3) is 0 Å². The third-order valence-electron chi connectivity index (χ3n) is 2.95. The Hall–Kier alpha value is -2.34. The molecule has 0 saturated carbocycles. The van der Waals surface area contributed by atoms with Crippen LogP contribution in [0.15, 0.2) is 36.4 Å². The lowest BCUT2D eigenvalue weighted by Crippen LogP contribution is -2.16. The predicted molar refractivity (Wildman–Crippen MR) is 73.0 cm³/mol. The van der Waals surface area contributed by atoms with E-state index in [0.29, 0.717) is 5.69 Å². The van der Waals surface area contributed by atoms with Crippen LogP contribution in [0, 0.1) is 17.5 Å². The number of hydrogen-bond acceptors (Lipinski definition) is 2. The normalized spacial score (nSPS) is 10.5. The highest BCUT2D eigenvalue weighted by molar-refractivity contribution is 5.92. The van der Waals surface area contributed by atoms with Gasteiger partial charge in [-0.3, -0.25) is 4.79 Å². The number of nitrogens with one attached hydrogen (secondary N) is 1. The summed E-state index contributed by atoms with van der Waals surface area (Å²) in [6.45, 7) is -0.0164. The van der Waals surface area contributed by atoms with E-state index in [1.165, 1.54) is 24.3 Å². The highest BCUT2D eigenvalue weighted by atomic mass is 19.1. The highest BCUT2D eigenvalue weighted by Crippen LogP contribution is 2.16. The van der Waals surface area contributed by atoms with Crippen LogP contribution in [-0.2, 0) is 17.8 Å². The Balaban J connectivity index is 2.12. The fourth-order valence-corrected chi connectivity index (χ4v) is 1.88. The van der Waals surface area contributed by atoms with Crippen LogP contribution in [0.4, 0.5) is 18.9 Å². The fourth-order valence-electron chi connectivity index (χ4n) is 1.88. The van der Waals surface area contributed by atoms with Crippen molar-refractivity contribution in [1.29, 1.82) is 0 Å². The molecule has 2 rings (SSSR count). The van der Waals surface area contributed by atoms with E-state index >= 15 is 0 Å². The number of amides is 1. The Morgan fingerprint density at radius 1 is 1.05 bits per heavy atom. The Bertz CT molecular complexity index is 654. The van der Waals surface area contributed by atoms with E-state index < -0.39 is 29.8 Å². The Morgan fingerprint density at radius 3 is 2.33 bits per heavy atom. The lowest BCUT2D eigenvalue weighted by Gasteiger charge is -2.08. The van der Waals surface area contributed by atoms with Gasteiger partial charge in [-0.15, -0.1) is 0 Å². The van der Waals surface area contributed by atoms with E-state index in [0.717, 1.165) is 12.1 Å². The summed E-state index contributed by atoms with van der Waals surface area (Å²) in [5, 5.41) is 2.45. The molecule has 0 aromatic heterocycles. The van der Waals surface area contributed by atoms with Crippen LogP contribution in [-0.4, -0.2) is 5.91 Å². The van der Waals surface area contributed by atoms with Crippen molar-refractivity contribution in [3.8, 4) is 0 Å². The average Bonchev–Trinajstić information content (AvgIpc) is 2.45. The third-order valence-corrected chi connectivity index (χ3v) is 2.95. The van der Waals surface area contributed by atoms with Crippen molar-refractivity contribution in [3.63, 3.8) is 0 Å². The van der Waals surface area contributed by atoms with E-state index in [-0.39, 0.29) is 17.7 Å². The van der Waals surface area contributed by atoms with Crippen LogP contribution in [0.2, 0.25) is 0 Å². The van der Waals surface area contributed by atoms with Crippen molar-refractivity contribution >= 4 is 11.6 Å². The number of nitrogens with two attached hydrogens (primary N) is 1. The van der Waals surface area contributed by atoms with Crippen molar-refractivity contribution in [2.24, 2.45) is 5.73 Å². The van der Waals surface area contributed by atoms with Crippen molar-refractivity contribution < 1.29 is 18.0 Å². The molecule has 3 N–H and O–H groups in total. The molecule has 21 heavy (non-hydrogen) atoms. The van der Waals surface area contributed by atoms with Gasteiger partial charge in [0.2, 0.25) is 5.91 Å². The molecule has 0 unspecified atom stereocenters. The van der Waals surface area contributed by atoms with Crippen molar-refractivity contribution in [1.82, 2.24) is 0 Å². The number of benzene rings is 2. The molecule has 110 valence electrons. The highest BCUT2D eigenvalue weighted by Gasteiger charge is 2.13. The van der Waals surface area contributed by atoms with Gasteiger partial charge in [-0.2, -0.15) is 0 Å². The summed E-state index contributed by atoms with van der Waals surface area (Å²) in [5.74, 6) is -2.65. The molecule has 0 aliphatic carbocycles. The molecule has 3 nitrogen and oxygen atoms in total. The van der Waals surface area contributed by atoms with E-state index in [4.69, 9.17) is 5.73 Å². The van der Waals surface area contributed by atoms with Gasteiger partial charge >= 0.3 is 0 Å². The SMILES string of the molecule is NCc1cc(NC(=O)Cc2c(F)cccc2F)ccc1F. The Morgan fingerprint density at radius 2 is 1.71 bits per heavy atom. The zero-order valence-corrected chi connectivity index (χ0v) is 11.0. The lowest BCUT2D eigenvalue weighted by molar-refractivity contribution is -0.115. The first kappa shape index (κ1) is 15.1. The third kappa shape index (κ3) is 3.61. The topological polar surface area (TPSA) is 55.1 Å². The maximum atomic E-state index is 13.4. The summed E-state index contributed by atoms with van der Waals surface area (Å²) in [7, 11) is 0. The number of carbonyl (C=O) groups excluding carboxylic acids is 1. The van der Waals surface area contributed by atoms with Crippen LogP contribution < -0.4 is 11.1 Å². The zero-order valence-electron chi connectivity index (χ0n) is 11.0. The number of anilines is 1. The van der Waals surface area contributed by atoms with Gasteiger partial charge in [0.05, 0.1) is 6.42 Å². The molecular formula is C15H13F3N2O. The number of halogens is 3. The minimum atomic E-state index is -0.785. The minimum Gasteiger partial charge on any atom is -0.326 e. The quantitative estimate of drug-likeness (QED) is 0.911. The molecule has 0 aliphatic heterocycles. The summed E-state index contributed by atoms with van der Waals surface area (Å²) in [6, 6.07) is 7.28. The molecule has 2 aromatic rings. The second-order valence-electron chi connectivity index (χ2n) is 4.44. The van der Waals surface area contributed by atoms with Crippen LogP contribution in [0.1, 0.15) is 11.1 Å². The maximum absolute atomic E-state index is 13.4. The van der Waals surface area contributed by atoms with Gasteiger partial charge < -0.3 is 11.1 Å². The molecule has 0 heterocycles. The average molecular weight is 294 g/mol. The first-order valence-electron chi connectivity index (χ1n) is 6.22. The molecule has 1 amide bonds. The predicted octanol–water partition coefficient (Wildman–Crippen LogP) is 2.74. The molecule has 0 bridgehead atoms. The number of hydrogen-bond donors (Lipinski definition) is 2. The second kappa shape index (κ2) is 6.41. The summed E-state index contributed by atoms with van der Waals surface area (Å²) in [5.41, 5.74) is 5.61. The van der Waals surface area contributed by atoms with Crippen LogP contribution >= 0.6 is 0 Å².